The van der Waals surface area contributed by atoms with Gasteiger partial charge in [0, 0.05) is 24.5 Å². The summed E-state index contributed by atoms with van der Waals surface area (Å²) in [7, 11) is 1.96. The highest BCUT2D eigenvalue weighted by Gasteiger charge is 2.11. The molecule has 94 valence electrons. The summed E-state index contributed by atoms with van der Waals surface area (Å²) in [5, 5.41) is 3.29. The summed E-state index contributed by atoms with van der Waals surface area (Å²) < 4.78 is 0. The molecular weight excluding hydrogens is 222 g/mol. The third kappa shape index (κ3) is 3.14. The maximum absolute atomic E-state index is 4.50. The first-order chi connectivity index (χ1) is 8.83. The molecule has 2 heterocycles. The van der Waals surface area contributed by atoms with Gasteiger partial charge in [0.15, 0.2) is 0 Å². The summed E-state index contributed by atoms with van der Waals surface area (Å²) in [4.78, 5) is 8.88. The van der Waals surface area contributed by atoms with Crippen LogP contribution in [0.2, 0.25) is 0 Å². The molecule has 18 heavy (non-hydrogen) atoms. The average molecular weight is 241 g/mol. The van der Waals surface area contributed by atoms with Crippen molar-refractivity contribution in [3.05, 3.63) is 59.7 Å². The summed E-state index contributed by atoms with van der Waals surface area (Å²) in [6.07, 6.45) is 5.67. The Labute approximate surface area is 108 Å². The number of pyridine rings is 2. The molecule has 2 aromatic rings. The van der Waals surface area contributed by atoms with Crippen LogP contribution >= 0.6 is 0 Å². The molecule has 1 unspecified atom stereocenters. The molecule has 1 N–H and O–H groups in total. The first-order valence-corrected chi connectivity index (χ1v) is 6.35. The zero-order valence-electron chi connectivity index (χ0n) is 10.9. The molecule has 3 heteroatoms. The monoisotopic (exact) mass is 241 g/mol. The van der Waals surface area contributed by atoms with Gasteiger partial charge < -0.3 is 5.32 Å². The SMILES string of the molecule is CCc1ccc(CC(NC)c2ccccn2)nc1. The fourth-order valence-corrected chi connectivity index (χ4v) is 1.93. The van der Waals surface area contributed by atoms with Crippen molar-refractivity contribution in [2.24, 2.45) is 0 Å². The minimum atomic E-state index is 0.214. The van der Waals surface area contributed by atoms with E-state index < -0.39 is 0 Å². The van der Waals surface area contributed by atoms with Crippen molar-refractivity contribution in [2.75, 3.05) is 7.05 Å². The lowest BCUT2D eigenvalue weighted by Gasteiger charge is -2.15. The molecule has 0 spiro atoms. The number of nitrogens with zero attached hydrogens (tertiary/aromatic N) is 2. The van der Waals surface area contributed by atoms with Gasteiger partial charge in [-0.1, -0.05) is 19.1 Å². The molecule has 0 fully saturated rings. The molecule has 0 aliphatic rings. The fraction of sp³-hybridized carbons (Fsp3) is 0.333. The van der Waals surface area contributed by atoms with Gasteiger partial charge in [0.05, 0.1) is 11.7 Å². The van der Waals surface area contributed by atoms with Crippen LogP contribution in [0.3, 0.4) is 0 Å². The van der Waals surface area contributed by atoms with Crippen LogP contribution in [-0.2, 0) is 12.8 Å². The molecule has 2 aromatic heterocycles. The molecule has 0 bridgehead atoms. The Morgan fingerprint density at radius 1 is 1.17 bits per heavy atom. The predicted molar refractivity (Wildman–Crippen MR) is 73.4 cm³/mol. The third-order valence-electron chi connectivity index (χ3n) is 3.10. The lowest BCUT2D eigenvalue weighted by Crippen LogP contribution is -2.20. The predicted octanol–water partition coefficient (Wildman–Crippen LogP) is 2.54. The summed E-state index contributed by atoms with van der Waals surface area (Å²) in [6.45, 7) is 2.14. The Hall–Kier alpha value is -1.74. The van der Waals surface area contributed by atoms with Crippen molar-refractivity contribution in [3.63, 3.8) is 0 Å². The van der Waals surface area contributed by atoms with E-state index in [4.69, 9.17) is 0 Å². The van der Waals surface area contributed by atoms with E-state index in [1.165, 1.54) is 5.56 Å². The smallest absolute Gasteiger partial charge is 0.0577 e. The van der Waals surface area contributed by atoms with E-state index in [2.05, 4.69) is 34.3 Å². The Balaban J connectivity index is 2.10. The van der Waals surface area contributed by atoms with Gasteiger partial charge in [-0.05, 0) is 37.2 Å². The van der Waals surface area contributed by atoms with E-state index in [9.17, 15) is 0 Å². The minimum Gasteiger partial charge on any atom is -0.311 e. The number of aromatic nitrogens is 2. The van der Waals surface area contributed by atoms with Crippen LogP contribution in [0, 0.1) is 0 Å². The molecule has 3 nitrogen and oxygen atoms in total. The molecule has 0 radical (unpaired) electrons. The highest BCUT2D eigenvalue weighted by Crippen LogP contribution is 2.14. The lowest BCUT2D eigenvalue weighted by atomic mass is 10.1. The van der Waals surface area contributed by atoms with Gasteiger partial charge in [0.25, 0.3) is 0 Å². The van der Waals surface area contributed by atoms with Gasteiger partial charge in [-0.3, -0.25) is 9.97 Å². The van der Waals surface area contributed by atoms with Crippen molar-refractivity contribution in [3.8, 4) is 0 Å². The zero-order valence-corrected chi connectivity index (χ0v) is 10.9. The second-order valence-corrected chi connectivity index (χ2v) is 4.31. The van der Waals surface area contributed by atoms with Crippen LogP contribution in [0.5, 0.6) is 0 Å². The molecule has 0 aliphatic carbocycles. The lowest BCUT2D eigenvalue weighted by molar-refractivity contribution is 0.569. The summed E-state index contributed by atoms with van der Waals surface area (Å²) >= 11 is 0. The fourth-order valence-electron chi connectivity index (χ4n) is 1.93. The van der Waals surface area contributed by atoms with Crippen LogP contribution in [0.4, 0.5) is 0 Å². The zero-order chi connectivity index (χ0) is 12.8. The average Bonchev–Trinajstić information content (AvgIpc) is 2.46. The van der Waals surface area contributed by atoms with Crippen LogP contribution < -0.4 is 5.32 Å². The minimum absolute atomic E-state index is 0.214. The summed E-state index contributed by atoms with van der Waals surface area (Å²) in [6, 6.07) is 10.5. The van der Waals surface area contributed by atoms with E-state index >= 15 is 0 Å². The van der Waals surface area contributed by atoms with Gasteiger partial charge >= 0.3 is 0 Å². The quantitative estimate of drug-likeness (QED) is 0.874. The van der Waals surface area contributed by atoms with Gasteiger partial charge in [-0.25, -0.2) is 0 Å². The van der Waals surface area contributed by atoms with Crippen molar-refractivity contribution in [2.45, 2.75) is 25.8 Å². The van der Waals surface area contributed by atoms with Crippen molar-refractivity contribution < 1.29 is 0 Å². The molecule has 0 saturated heterocycles. The Kier molecular flexibility index (Phi) is 4.42. The van der Waals surface area contributed by atoms with Gasteiger partial charge in [0.1, 0.15) is 0 Å². The Bertz CT molecular complexity index is 465. The van der Waals surface area contributed by atoms with Crippen molar-refractivity contribution >= 4 is 0 Å². The number of aryl methyl sites for hydroxylation is 1. The molecule has 2 rings (SSSR count). The maximum Gasteiger partial charge on any atom is 0.0577 e. The first-order valence-electron chi connectivity index (χ1n) is 6.35. The van der Waals surface area contributed by atoms with E-state index in [-0.39, 0.29) is 6.04 Å². The van der Waals surface area contributed by atoms with Gasteiger partial charge in [-0.15, -0.1) is 0 Å². The second-order valence-electron chi connectivity index (χ2n) is 4.31. The van der Waals surface area contributed by atoms with E-state index in [1.54, 1.807) is 0 Å². The topological polar surface area (TPSA) is 37.8 Å². The van der Waals surface area contributed by atoms with Crippen LogP contribution in [0.25, 0.3) is 0 Å². The highest BCUT2D eigenvalue weighted by molar-refractivity contribution is 5.17. The molecule has 0 saturated carbocycles. The third-order valence-corrected chi connectivity index (χ3v) is 3.10. The normalized spacial score (nSPS) is 12.3. The number of hydrogen-bond donors (Lipinski definition) is 1. The first kappa shape index (κ1) is 12.7. The largest absolute Gasteiger partial charge is 0.311 e. The standard InChI is InChI=1S/C15H19N3/c1-3-12-7-8-13(18-11-12)10-15(16-2)14-6-4-5-9-17-14/h4-9,11,15-16H,3,10H2,1-2H3. The Morgan fingerprint density at radius 3 is 2.61 bits per heavy atom. The van der Waals surface area contributed by atoms with Crippen LogP contribution in [0.15, 0.2) is 42.7 Å². The summed E-state index contributed by atoms with van der Waals surface area (Å²) in [5.41, 5.74) is 3.43. The number of rotatable bonds is 5. The number of nitrogens with one attached hydrogen (secondary N) is 1. The van der Waals surface area contributed by atoms with Gasteiger partial charge in [-0.2, -0.15) is 0 Å². The number of hydrogen-bond acceptors (Lipinski definition) is 3. The van der Waals surface area contributed by atoms with Crippen LogP contribution in [-0.4, -0.2) is 17.0 Å². The second kappa shape index (κ2) is 6.26. The molecular formula is C15H19N3. The van der Waals surface area contributed by atoms with Crippen molar-refractivity contribution in [1.82, 2.24) is 15.3 Å². The van der Waals surface area contributed by atoms with Crippen LogP contribution in [0.1, 0.15) is 29.9 Å². The maximum atomic E-state index is 4.50. The van der Waals surface area contributed by atoms with E-state index in [1.807, 2.05) is 37.6 Å². The van der Waals surface area contributed by atoms with Crippen molar-refractivity contribution in [1.29, 1.82) is 0 Å². The van der Waals surface area contributed by atoms with E-state index in [0.29, 0.717) is 0 Å². The number of likely N-dealkylation sites (N-methyl/N-ethyl adjacent to an activating group) is 1. The summed E-state index contributed by atoms with van der Waals surface area (Å²) in [5.74, 6) is 0. The van der Waals surface area contributed by atoms with E-state index in [0.717, 1.165) is 24.2 Å². The Morgan fingerprint density at radius 2 is 2.06 bits per heavy atom. The molecule has 0 aliphatic heterocycles. The molecule has 0 aromatic carbocycles. The van der Waals surface area contributed by atoms with Gasteiger partial charge in [0.2, 0.25) is 0 Å². The molecule has 0 amide bonds. The molecule has 1 atom stereocenters. The highest BCUT2D eigenvalue weighted by atomic mass is 14.9.